The van der Waals surface area contributed by atoms with E-state index >= 15 is 0 Å². The third-order valence-corrected chi connectivity index (χ3v) is 0.872. The molecular weight excluding hydrogens is 146 g/mol. The summed E-state index contributed by atoms with van der Waals surface area (Å²) in [5, 5.41) is 0. The fourth-order valence-electron chi connectivity index (χ4n) is 0.365. The van der Waals surface area contributed by atoms with Crippen LogP contribution in [-0.4, -0.2) is 11.9 Å². The van der Waals surface area contributed by atoms with E-state index in [9.17, 15) is 9.59 Å². The van der Waals surface area contributed by atoms with Crippen molar-refractivity contribution < 1.29 is 14.4 Å². The summed E-state index contributed by atoms with van der Waals surface area (Å²) in [5.74, 6) is -0.892. The summed E-state index contributed by atoms with van der Waals surface area (Å²) in [4.78, 5) is 25.4. The monoisotopic (exact) mass is 157 g/mol. The van der Waals surface area contributed by atoms with Gasteiger partial charge in [-0.2, -0.15) is 5.48 Å². The standard InChI is InChI=1S/C7H11NO3/c1-3-5-6(9)8-11-7(10)4-2/h3,5H,4H2,1-2H3,(H,8,9). The van der Waals surface area contributed by atoms with Gasteiger partial charge < -0.3 is 4.84 Å². The van der Waals surface area contributed by atoms with Gasteiger partial charge in [-0.05, 0) is 6.92 Å². The van der Waals surface area contributed by atoms with Crippen LogP contribution in [0.3, 0.4) is 0 Å². The fourth-order valence-corrected chi connectivity index (χ4v) is 0.365. The lowest BCUT2D eigenvalue weighted by Crippen LogP contribution is -2.24. The van der Waals surface area contributed by atoms with E-state index in [1.165, 1.54) is 6.08 Å². The Morgan fingerprint density at radius 3 is 2.64 bits per heavy atom. The van der Waals surface area contributed by atoms with Gasteiger partial charge in [0.1, 0.15) is 0 Å². The molecule has 0 fully saturated rings. The van der Waals surface area contributed by atoms with Crippen molar-refractivity contribution in [2.75, 3.05) is 0 Å². The van der Waals surface area contributed by atoms with E-state index in [0.29, 0.717) is 0 Å². The molecule has 0 radical (unpaired) electrons. The SMILES string of the molecule is CC=CC(=O)NOC(=O)CC. The maximum absolute atomic E-state index is 10.6. The third-order valence-electron chi connectivity index (χ3n) is 0.872. The number of carbonyl (C=O) groups excluding carboxylic acids is 2. The Morgan fingerprint density at radius 1 is 1.55 bits per heavy atom. The number of amides is 1. The Hall–Kier alpha value is -1.32. The van der Waals surface area contributed by atoms with Crippen LogP contribution in [0.15, 0.2) is 12.2 Å². The Kier molecular flexibility index (Phi) is 4.81. The van der Waals surface area contributed by atoms with E-state index in [0.717, 1.165) is 0 Å². The van der Waals surface area contributed by atoms with Crippen molar-refractivity contribution in [3.63, 3.8) is 0 Å². The topological polar surface area (TPSA) is 55.4 Å². The molecule has 1 N–H and O–H groups in total. The molecule has 0 aliphatic carbocycles. The number of hydrogen-bond acceptors (Lipinski definition) is 3. The molecule has 0 aromatic carbocycles. The summed E-state index contributed by atoms with van der Waals surface area (Å²) in [6.07, 6.45) is 3.06. The molecule has 0 bridgehead atoms. The predicted octanol–water partition coefficient (Wildman–Crippen LogP) is 0.547. The van der Waals surface area contributed by atoms with E-state index in [2.05, 4.69) is 4.84 Å². The Bertz CT molecular complexity index is 175. The van der Waals surface area contributed by atoms with E-state index in [4.69, 9.17) is 0 Å². The van der Waals surface area contributed by atoms with Crippen LogP contribution >= 0.6 is 0 Å². The van der Waals surface area contributed by atoms with Crippen molar-refractivity contribution in [1.29, 1.82) is 0 Å². The van der Waals surface area contributed by atoms with Crippen LogP contribution in [0.2, 0.25) is 0 Å². The van der Waals surface area contributed by atoms with Crippen LogP contribution in [0.4, 0.5) is 0 Å². The minimum atomic E-state index is -0.456. The van der Waals surface area contributed by atoms with Crippen LogP contribution in [0.25, 0.3) is 0 Å². The lowest BCUT2D eigenvalue weighted by atomic mass is 10.5. The second kappa shape index (κ2) is 5.46. The summed E-state index contributed by atoms with van der Waals surface area (Å²) in [6, 6.07) is 0. The van der Waals surface area contributed by atoms with Crippen molar-refractivity contribution in [2.24, 2.45) is 0 Å². The van der Waals surface area contributed by atoms with Crippen LogP contribution < -0.4 is 5.48 Å². The quantitative estimate of drug-likeness (QED) is 0.470. The lowest BCUT2D eigenvalue weighted by molar-refractivity contribution is -0.156. The number of nitrogens with one attached hydrogen (secondary N) is 1. The molecule has 0 heterocycles. The van der Waals surface area contributed by atoms with Gasteiger partial charge in [-0.25, -0.2) is 4.79 Å². The molecule has 1 amide bonds. The van der Waals surface area contributed by atoms with E-state index in [1.54, 1.807) is 19.9 Å². The maximum Gasteiger partial charge on any atom is 0.331 e. The van der Waals surface area contributed by atoms with Gasteiger partial charge in [0.15, 0.2) is 0 Å². The van der Waals surface area contributed by atoms with E-state index < -0.39 is 11.9 Å². The summed E-state index contributed by atoms with van der Waals surface area (Å²) in [7, 11) is 0. The number of hydroxylamine groups is 1. The molecule has 4 nitrogen and oxygen atoms in total. The van der Waals surface area contributed by atoms with Gasteiger partial charge in [-0.3, -0.25) is 4.79 Å². The highest BCUT2D eigenvalue weighted by atomic mass is 16.7. The zero-order valence-corrected chi connectivity index (χ0v) is 6.59. The van der Waals surface area contributed by atoms with Gasteiger partial charge in [0.25, 0.3) is 5.91 Å². The average molecular weight is 157 g/mol. The summed E-state index contributed by atoms with van der Waals surface area (Å²) < 4.78 is 0. The van der Waals surface area contributed by atoms with E-state index in [1.807, 2.05) is 5.48 Å². The van der Waals surface area contributed by atoms with E-state index in [-0.39, 0.29) is 6.42 Å². The average Bonchev–Trinajstić information content (AvgIpc) is 2.01. The minimum Gasteiger partial charge on any atom is -0.341 e. The molecule has 62 valence electrons. The van der Waals surface area contributed by atoms with Gasteiger partial charge in [-0.1, -0.05) is 13.0 Å². The second-order valence-electron chi connectivity index (χ2n) is 1.79. The summed E-state index contributed by atoms with van der Waals surface area (Å²) in [5.41, 5.74) is 1.96. The zero-order chi connectivity index (χ0) is 8.69. The molecule has 0 saturated carbocycles. The van der Waals surface area contributed by atoms with Crippen molar-refractivity contribution in [3.8, 4) is 0 Å². The molecular formula is C7H11NO3. The van der Waals surface area contributed by atoms with Crippen LogP contribution in [-0.2, 0) is 14.4 Å². The molecule has 0 atom stereocenters. The van der Waals surface area contributed by atoms with Gasteiger partial charge in [0.05, 0.1) is 0 Å². The van der Waals surface area contributed by atoms with Crippen LogP contribution in [0, 0.1) is 0 Å². The first-order valence-electron chi connectivity index (χ1n) is 3.33. The molecule has 0 aliphatic rings. The first-order valence-corrected chi connectivity index (χ1v) is 3.33. The summed E-state index contributed by atoms with van der Waals surface area (Å²) >= 11 is 0. The lowest BCUT2D eigenvalue weighted by Gasteiger charge is -1.99. The summed E-state index contributed by atoms with van der Waals surface area (Å²) in [6.45, 7) is 3.34. The number of carbonyl (C=O) groups is 2. The first kappa shape index (κ1) is 9.68. The third kappa shape index (κ3) is 5.14. The normalized spacial score (nSPS) is 9.64. The highest BCUT2D eigenvalue weighted by molar-refractivity contribution is 5.87. The molecule has 4 heteroatoms. The molecule has 0 aliphatic heterocycles. The highest BCUT2D eigenvalue weighted by Crippen LogP contribution is 1.80. The molecule has 0 unspecified atom stereocenters. The van der Waals surface area contributed by atoms with Gasteiger partial charge in [0.2, 0.25) is 0 Å². The number of rotatable bonds is 2. The molecule has 0 aromatic rings. The van der Waals surface area contributed by atoms with Gasteiger partial charge >= 0.3 is 5.97 Å². The van der Waals surface area contributed by atoms with Crippen molar-refractivity contribution in [3.05, 3.63) is 12.2 Å². The maximum atomic E-state index is 10.6. The largest absolute Gasteiger partial charge is 0.341 e. The number of allylic oxidation sites excluding steroid dienone is 1. The van der Waals surface area contributed by atoms with Gasteiger partial charge in [0, 0.05) is 12.5 Å². The van der Waals surface area contributed by atoms with Crippen molar-refractivity contribution in [1.82, 2.24) is 5.48 Å². The molecule has 0 saturated heterocycles. The second-order valence-corrected chi connectivity index (χ2v) is 1.79. The van der Waals surface area contributed by atoms with Crippen molar-refractivity contribution >= 4 is 11.9 Å². The molecule has 0 rings (SSSR count). The number of hydrogen-bond donors (Lipinski definition) is 1. The fraction of sp³-hybridized carbons (Fsp3) is 0.429. The smallest absolute Gasteiger partial charge is 0.331 e. The Balaban J connectivity index is 3.54. The predicted molar refractivity (Wildman–Crippen MR) is 39.3 cm³/mol. The first-order chi connectivity index (χ1) is 5.20. The molecule has 0 aromatic heterocycles. The minimum absolute atomic E-state index is 0.246. The Labute approximate surface area is 65.2 Å². The molecule has 11 heavy (non-hydrogen) atoms. The van der Waals surface area contributed by atoms with Crippen molar-refractivity contribution in [2.45, 2.75) is 20.3 Å². The van der Waals surface area contributed by atoms with Crippen LogP contribution in [0.1, 0.15) is 20.3 Å². The van der Waals surface area contributed by atoms with Gasteiger partial charge in [-0.15, -0.1) is 0 Å². The zero-order valence-electron chi connectivity index (χ0n) is 6.59. The van der Waals surface area contributed by atoms with Crippen LogP contribution in [0.5, 0.6) is 0 Å². The molecule has 0 spiro atoms. The highest BCUT2D eigenvalue weighted by Gasteiger charge is 1.99. The Morgan fingerprint density at radius 2 is 2.18 bits per heavy atom.